The average Bonchev–Trinajstić information content (AvgIpc) is 3.20. The van der Waals surface area contributed by atoms with Gasteiger partial charge >= 0.3 is 0 Å². The van der Waals surface area contributed by atoms with Gasteiger partial charge in [-0.05, 0) is 48.1 Å². The molecule has 0 saturated carbocycles. The fourth-order valence-corrected chi connectivity index (χ4v) is 4.65. The maximum Gasteiger partial charge on any atom is 0.198 e. The molecule has 2 aromatic heterocycles. The number of nitrogens with zero attached hydrogens (tertiary/aromatic N) is 4. The normalized spacial score (nSPS) is 17.6. The highest BCUT2D eigenvalue weighted by Crippen LogP contribution is 2.32. The second kappa shape index (κ2) is 6.86. The van der Waals surface area contributed by atoms with E-state index in [1.165, 1.54) is 16.0 Å². The highest BCUT2D eigenvalue weighted by Gasteiger charge is 2.25. The van der Waals surface area contributed by atoms with Gasteiger partial charge in [0.05, 0.1) is 6.67 Å². The number of hydrogen-bond donors (Lipinski definition) is 0. The van der Waals surface area contributed by atoms with Crippen LogP contribution in [0, 0.1) is 4.77 Å². The quantitative estimate of drug-likeness (QED) is 0.645. The Bertz CT molecular complexity index is 923. The minimum absolute atomic E-state index is 0.413. The molecule has 0 unspecified atom stereocenters. The summed E-state index contributed by atoms with van der Waals surface area (Å²) in [7, 11) is 2.01. The largest absolute Gasteiger partial charge is 0.307 e. The molecule has 1 aliphatic heterocycles. The molecule has 1 aliphatic rings. The van der Waals surface area contributed by atoms with Gasteiger partial charge in [-0.2, -0.15) is 5.10 Å². The summed E-state index contributed by atoms with van der Waals surface area (Å²) < 4.78 is 4.79. The molecule has 0 bridgehead atoms. The average molecular weight is 371 g/mol. The van der Waals surface area contributed by atoms with Crippen LogP contribution in [0.15, 0.2) is 41.8 Å². The SMILES string of the molecule is C[C@@H]1c2ccsc2CCN1Cn1nc(Cc2ccccc2)n(C)c1=S. The van der Waals surface area contributed by atoms with E-state index in [4.69, 9.17) is 17.3 Å². The Hall–Kier alpha value is -1.76. The predicted octanol–water partition coefficient (Wildman–Crippen LogP) is 4.18. The summed E-state index contributed by atoms with van der Waals surface area (Å²) in [5.74, 6) is 1.01. The van der Waals surface area contributed by atoms with Crippen molar-refractivity contribution in [1.82, 2.24) is 19.2 Å². The first-order valence-electron chi connectivity index (χ1n) is 8.60. The van der Waals surface area contributed by atoms with Crippen molar-refractivity contribution < 1.29 is 0 Å². The van der Waals surface area contributed by atoms with Crippen LogP contribution in [0.2, 0.25) is 0 Å². The van der Waals surface area contributed by atoms with E-state index in [1.807, 2.05) is 33.7 Å². The van der Waals surface area contributed by atoms with Crippen LogP contribution in [-0.4, -0.2) is 25.8 Å². The standard InChI is InChI=1S/C19H22N4S2/c1-14-16-9-11-25-17(16)8-10-22(14)13-23-19(24)21(2)18(20-23)12-15-6-4-3-5-7-15/h3-7,9,11,14H,8,10,12-13H2,1-2H3/t14-/m1/s1. The number of fused-ring (bicyclic) bond motifs is 1. The van der Waals surface area contributed by atoms with E-state index in [0.717, 1.165) is 36.7 Å². The van der Waals surface area contributed by atoms with Gasteiger partial charge in [0.15, 0.2) is 4.77 Å². The Morgan fingerprint density at radius 3 is 2.84 bits per heavy atom. The van der Waals surface area contributed by atoms with Gasteiger partial charge in [0.25, 0.3) is 0 Å². The van der Waals surface area contributed by atoms with Gasteiger partial charge in [-0.1, -0.05) is 30.3 Å². The van der Waals surface area contributed by atoms with Gasteiger partial charge in [0.1, 0.15) is 5.82 Å². The molecule has 130 valence electrons. The van der Waals surface area contributed by atoms with Crippen LogP contribution in [-0.2, 0) is 26.6 Å². The molecule has 0 aliphatic carbocycles. The lowest BCUT2D eigenvalue weighted by Gasteiger charge is -2.33. The Morgan fingerprint density at radius 1 is 1.24 bits per heavy atom. The molecular formula is C19H22N4S2. The predicted molar refractivity (Wildman–Crippen MR) is 104 cm³/mol. The zero-order valence-corrected chi connectivity index (χ0v) is 16.2. The lowest BCUT2D eigenvalue weighted by atomic mass is 10.0. The summed E-state index contributed by atoms with van der Waals surface area (Å²) in [6.45, 7) is 4.08. The maximum atomic E-state index is 5.64. The van der Waals surface area contributed by atoms with Crippen molar-refractivity contribution in [2.75, 3.05) is 6.54 Å². The Labute approximate surface area is 157 Å². The monoisotopic (exact) mass is 370 g/mol. The molecule has 0 radical (unpaired) electrons. The molecule has 0 spiro atoms. The van der Waals surface area contributed by atoms with Crippen molar-refractivity contribution in [1.29, 1.82) is 0 Å². The maximum absolute atomic E-state index is 5.64. The Balaban J connectivity index is 1.56. The molecule has 3 heterocycles. The van der Waals surface area contributed by atoms with E-state index in [1.54, 1.807) is 0 Å². The lowest BCUT2D eigenvalue weighted by Crippen LogP contribution is -2.35. The van der Waals surface area contributed by atoms with Gasteiger partial charge in [-0.25, -0.2) is 4.68 Å². The third kappa shape index (κ3) is 3.21. The number of benzene rings is 1. The fourth-order valence-electron chi connectivity index (χ4n) is 3.48. The first-order chi connectivity index (χ1) is 12.1. The molecule has 0 fully saturated rings. The molecule has 25 heavy (non-hydrogen) atoms. The number of hydrogen-bond acceptors (Lipinski definition) is 4. The van der Waals surface area contributed by atoms with Crippen LogP contribution < -0.4 is 0 Å². The van der Waals surface area contributed by atoms with Crippen LogP contribution in [0.5, 0.6) is 0 Å². The summed E-state index contributed by atoms with van der Waals surface area (Å²) in [6, 6.07) is 13.1. The lowest BCUT2D eigenvalue weighted by molar-refractivity contribution is 0.144. The first kappa shape index (κ1) is 16.7. The molecule has 1 aromatic carbocycles. The van der Waals surface area contributed by atoms with E-state index in [9.17, 15) is 0 Å². The van der Waals surface area contributed by atoms with E-state index >= 15 is 0 Å². The number of thiophene rings is 1. The summed E-state index contributed by atoms with van der Waals surface area (Å²) >= 11 is 7.51. The molecule has 1 atom stereocenters. The molecule has 6 heteroatoms. The van der Waals surface area contributed by atoms with Crippen molar-refractivity contribution in [3.8, 4) is 0 Å². The van der Waals surface area contributed by atoms with E-state index < -0.39 is 0 Å². The smallest absolute Gasteiger partial charge is 0.198 e. The van der Waals surface area contributed by atoms with Crippen LogP contribution >= 0.6 is 23.6 Å². The minimum atomic E-state index is 0.413. The zero-order valence-electron chi connectivity index (χ0n) is 14.6. The zero-order chi connectivity index (χ0) is 17.4. The topological polar surface area (TPSA) is 26.0 Å². The van der Waals surface area contributed by atoms with Crippen molar-refractivity contribution in [3.05, 3.63) is 68.4 Å². The Morgan fingerprint density at radius 2 is 2.04 bits per heavy atom. The van der Waals surface area contributed by atoms with Crippen molar-refractivity contribution in [2.24, 2.45) is 7.05 Å². The van der Waals surface area contributed by atoms with Crippen LogP contribution in [0.4, 0.5) is 0 Å². The van der Waals surface area contributed by atoms with E-state index in [0.29, 0.717) is 6.04 Å². The number of aromatic nitrogens is 3. The highest BCUT2D eigenvalue weighted by molar-refractivity contribution is 7.71. The third-order valence-corrected chi connectivity index (χ3v) is 6.54. The summed E-state index contributed by atoms with van der Waals surface area (Å²) in [5, 5.41) is 7.02. The minimum Gasteiger partial charge on any atom is -0.307 e. The van der Waals surface area contributed by atoms with E-state index in [2.05, 4.69) is 47.5 Å². The van der Waals surface area contributed by atoms with E-state index in [-0.39, 0.29) is 0 Å². The van der Waals surface area contributed by atoms with Crippen LogP contribution in [0.1, 0.15) is 34.8 Å². The van der Waals surface area contributed by atoms with Gasteiger partial charge < -0.3 is 4.57 Å². The second-order valence-corrected chi connectivity index (χ2v) is 7.96. The summed E-state index contributed by atoms with van der Waals surface area (Å²) in [5.41, 5.74) is 2.72. The summed E-state index contributed by atoms with van der Waals surface area (Å²) in [4.78, 5) is 3.99. The van der Waals surface area contributed by atoms with Gasteiger partial charge in [0.2, 0.25) is 0 Å². The van der Waals surface area contributed by atoms with Gasteiger partial charge in [-0.3, -0.25) is 4.90 Å². The number of rotatable bonds is 4. The van der Waals surface area contributed by atoms with Crippen LogP contribution in [0.25, 0.3) is 0 Å². The third-order valence-electron chi connectivity index (χ3n) is 5.06. The first-order valence-corrected chi connectivity index (χ1v) is 9.89. The molecule has 4 nitrogen and oxygen atoms in total. The molecule has 3 aromatic rings. The van der Waals surface area contributed by atoms with Crippen molar-refractivity contribution in [2.45, 2.75) is 32.5 Å². The van der Waals surface area contributed by atoms with Gasteiger partial charge in [0, 0.05) is 30.9 Å². The van der Waals surface area contributed by atoms with Crippen LogP contribution in [0.3, 0.4) is 0 Å². The fraction of sp³-hybridized carbons (Fsp3) is 0.368. The molecule has 0 saturated heterocycles. The Kier molecular flexibility index (Phi) is 4.58. The second-order valence-electron chi connectivity index (χ2n) is 6.60. The molecular weight excluding hydrogens is 348 g/mol. The highest BCUT2D eigenvalue weighted by atomic mass is 32.1. The van der Waals surface area contributed by atoms with Crippen molar-refractivity contribution in [3.63, 3.8) is 0 Å². The summed E-state index contributed by atoms with van der Waals surface area (Å²) in [6.07, 6.45) is 1.92. The van der Waals surface area contributed by atoms with Crippen molar-refractivity contribution >= 4 is 23.6 Å². The molecule has 0 amide bonds. The molecule has 0 N–H and O–H groups in total. The molecule has 4 rings (SSSR count). The van der Waals surface area contributed by atoms with Gasteiger partial charge in [-0.15, -0.1) is 11.3 Å².